The molecule has 1 aromatic heterocycles. The highest BCUT2D eigenvalue weighted by Crippen LogP contribution is 2.10. The Balaban J connectivity index is 1.85. The van der Waals surface area contributed by atoms with Crippen LogP contribution in [-0.2, 0) is 15.9 Å². The van der Waals surface area contributed by atoms with Crippen LogP contribution in [0.2, 0.25) is 0 Å². The monoisotopic (exact) mass is 216 g/mol. The third-order valence-electron chi connectivity index (χ3n) is 2.10. The quantitative estimate of drug-likeness (QED) is 0.761. The molecule has 2 atom stereocenters. The molecule has 5 nitrogen and oxygen atoms in total. The maximum atomic E-state index is 9.78. The molecule has 2 unspecified atom stereocenters. The largest absolute Gasteiger partial charge is 0.390 e. The van der Waals surface area contributed by atoms with Crippen LogP contribution in [0.1, 0.15) is 5.69 Å². The molecule has 1 aliphatic heterocycles. The molecule has 0 saturated carbocycles. The molecule has 0 aromatic carbocycles. The molecule has 1 saturated heterocycles. The Bertz CT molecular complexity index is 262. The second kappa shape index (κ2) is 4.79. The van der Waals surface area contributed by atoms with E-state index < -0.39 is 6.10 Å². The summed E-state index contributed by atoms with van der Waals surface area (Å²) in [5, 5.41) is 9.78. The fourth-order valence-electron chi connectivity index (χ4n) is 1.35. The predicted molar refractivity (Wildman–Crippen MR) is 50.2 cm³/mol. The molecule has 14 heavy (non-hydrogen) atoms. The topological polar surface area (TPSA) is 64.5 Å². The summed E-state index contributed by atoms with van der Waals surface area (Å²) in [5.41, 5.74) is 0.802. The number of aliphatic hydroxyl groups is 1. The normalized spacial score (nSPS) is 24.8. The number of nitrogens with zero attached hydrogens (tertiary/aromatic N) is 2. The van der Waals surface area contributed by atoms with Gasteiger partial charge in [-0.1, -0.05) is 0 Å². The zero-order chi connectivity index (χ0) is 9.80. The fraction of sp³-hybridized carbons (Fsp3) is 0.750. The van der Waals surface area contributed by atoms with Crippen molar-refractivity contribution >= 4 is 11.7 Å². The zero-order valence-electron chi connectivity index (χ0n) is 7.63. The van der Waals surface area contributed by atoms with Gasteiger partial charge in [0, 0.05) is 6.42 Å². The van der Waals surface area contributed by atoms with Crippen LogP contribution in [0.5, 0.6) is 0 Å². The lowest BCUT2D eigenvalue weighted by Crippen LogP contribution is -2.39. The zero-order valence-corrected chi connectivity index (χ0v) is 8.44. The summed E-state index contributed by atoms with van der Waals surface area (Å²) in [6.07, 6.45) is 1.35. The molecule has 0 amide bonds. The molecule has 6 heteroatoms. The molecule has 0 radical (unpaired) electrons. The maximum absolute atomic E-state index is 9.78. The van der Waals surface area contributed by atoms with Crippen molar-refractivity contribution in [2.24, 2.45) is 0 Å². The molecule has 78 valence electrons. The first kappa shape index (κ1) is 9.97. The number of aliphatic hydroxyl groups excluding tert-OH is 1. The van der Waals surface area contributed by atoms with E-state index in [1.807, 2.05) is 0 Å². The van der Waals surface area contributed by atoms with Crippen molar-refractivity contribution in [3.05, 3.63) is 11.9 Å². The van der Waals surface area contributed by atoms with Gasteiger partial charge in [-0.15, -0.1) is 0 Å². The third-order valence-corrected chi connectivity index (χ3v) is 2.61. The van der Waals surface area contributed by atoms with Crippen molar-refractivity contribution in [1.29, 1.82) is 0 Å². The molecule has 0 bridgehead atoms. The Morgan fingerprint density at radius 3 is 3.21 bits per heavy atom. The molecule has 1 N–H and O–H groups in total. The maximum Gasteiger partial charge on any atom is 0.107 e. The first-order chi connectivity index (χ1) is 6.86. The van der Waals surface area contributed by atoms with Gasteiger partial charge in [0.25, 0.3) is 0 Å². The van der Waals surface area contributed by atoms with Crippen LogP contribution in [0.15, 0.2) is 6.20 Å². The van der Waals surface area contributed by atoms with Crippen LogP contribution in [0.25, 0.3) is 0 Å². The summed E-state index contributed by atoms with van der Waals surface area (Å²) in [7, 11) is 0. The van der Waals surface area contributed by atoms with E-state index in [0.717, 1.165) is 17.4 Å². The lowest BCUT2D eigenvalue weighted by molar-refractivity contribution is -0.131. The number of hydrogen-bond acceptors (Lipinski definition) is 6. The van der Waals surface area contributed by atoms with E-state index in [2.05, 4.69) is 8.75 Å². The summed E-state index contributed by atoms with van der Waals surface area (Å²) in [6.45, 7) is 1.62. The lowest BCUT2D eigenvalue weighted by atomic mass is 10.1. The molecular formula is C8H12N2O3S. The molecule has 2 heterocycles. The Labute approximate surface area is 86.0 Å². The van der Waals surface area contributed by atoms with Crippen molar-refractivity contribution < 1.29 is 14.6 Å². The molecule has 1 fully saturated rings. The molecule has 0 aliphatic carbocycles. The van der Waals surface area contributed by atoms with Gasteiger partial charge in [-0.25, -0.2) is 0 Å². The first-order valence-corrected chi connectivity index (χ1v) is 5.23. The van der Waals surface area contributed by atoms with Gasteiger partial charge < -0.3 is 14.6 Å². The van der Waals surface area contributed by atoms with Gasteiger partial charge in [0.1, 0.15) is 6.10 Å². The molecular weight excluding hydrogens is 204 g/mol. The summed E-state index contributed by atoms with van der Waals surface area (Å²) in [5.74, 6) is 0. The highest BCUT2D eigenvalue weighted by atomic mass is 32.1. The first-order valence-electron chi connectivity index (χ1n) is 4.50. The van der Waals surface area contributed by atoms with Crippen LogP contribution in [0.4, 0.5) is 0 Å². The van der Waals surface area contributed by atoms with Crippen molar-refractivity contribution in [2.45, 2.75) is 18.6 Å². The van der Waals surface area contributed by atoms with Gasteiger partial charge in [-0.3, -0.25) is 0 Å². The minimum atomic E-state index is -0.556. The van der Waals surface area contributed by atoms with Gasteiger partial charge in [0.05, 0.1) is 49.5 Å². The third kappa shape index (κ3) is 2.48. The Morgan fingerprint density at radius 2 is 2.57 bits per heavy atom. The molecule has 1 aliphatic rings. The lowest BCUT2D eigenvalue weighted by Gasteiger charge is -2.26. The molecule has 0 spiro atoms. The average molecular weight is 216 g/mol. The highest BCUT2D eigenvalue weighted by molar-refractivity contribution is 6.99. The van der Waals surface area contributed by atoms with Crippen LogP contribution < -0.4 is 0 Å². The van der Waals surface area contributed by atoms with Crippen LogP contribution in [0, 0.1) is 0 Å². The second-order valence-electron chi connectivity index (χ2n) is 3.15. The second-order valence-corrected chi connectivity index (χ2v) is 3.71. The van der Waals surface area contributed by atoms with Crippen molar-refractivity contribution in [1.82, 2.24) is 8.75 Å². The van der Waals surface area contributed by atoms with E-state index in [0.29, 0.717) is 26.2 Å². The van der Waals surface area contributed by atoms with Crippen LogP contribution in [0.3, 0.4) is 0 Å². The fourth-order valence-corrected chi connectivity index (χ4v) is 1.79. The van der Waals surface area contributed by atoms with Gasteiger partial charge in [0.2, 0.25) is 0 Å². The Kier molecular flexibility index (Phi) is 3.41. The molecule has 2 rings (SSSR count). The van der Waals surface area contributed by atoms with E-state index in [9.17, 15) is 5.11 Å². The Morgan fingerprint density at radius 1 is 1.64 bits per heavy atom. The SMILES string of the molecule is OC(Cc1cnsn1)C1COCCO1. The van der Waals surface area contributed by atoms with E-state index in [1.54, 1.807) is 6.20 Å². The number of aromatic nitrogens is 2. The van der Waals surface area contributed by atoms with E-state index in [-0.39, 0.29) is 6.10 Å². The number of hydrogen-bond donors (Lipinski definition) is 1. The minimum Gasteiger partial charge on any atom is -0.390 e. The van der Waals surface area contributed by atoms with Gasteiger partial charge in [-0.05, 0) is 0 Å². The van der Waals surface area contributed by atoms with E-state index in [4.69, 9.17) is 9.47 Å². The summed E-state index contributed by atoms with van der Waals surface area (Å²) >= 11 is 1.15. The summed E-state index contributed by atoms with van der Waals surface area (Å²) < 4.78 is 18.5. The van der Waals surface area contributed by atoms with E-state index in [1.165, 1.54) is 0 Å². The summed E-state index contributed by atoms with van der Waals surface area (Å²) in [4.78, 5) is 0. The number of rotatable bonds is 3. The minimum absolute atomic E-state index is 0.231. The number of ether oxygens (including phenoxy) is 2. The van der Waals surface area contributed by atoms with Gasteiger partial charge in [-0.2, -0.15) is 8.75 Å². The predicted octanol–water partition coefficient (Wildman–Crippen LogP) is -0.143. The average Bonchev–Trinajstić information content (AvgIpc) is 2.72. The van der Waals surface area contributed by atoms with Crippen molar-refractivity contribution in [3.8, 4) is 0 Å². The standard InChI is InChI=1S/C8H12N2O3S/c11-7(3-6-4-9-14-10-6)8-5-12-1-2-13-8/h4,7-8,11H,1-3,5H2. The highest BCUT2D eigenvalue weighted by Gasteiger charge is 2.23. The smallest absolute Gasteiger partial charge is 0.107 e. The Hall–Kier alpha value is -0.560. The molecule has 1 aromatic rings. The van der Waals surface area contributed by atoms with Gasteiger partial charge in [0.15, 0.2) is 0 Å². The van der Waals surface area contributed by atoms with Crippen molar-refractivity contribution in [2.75, 3.05) is 19.8 Å². The summed E-state index contributed by atoms with van der Waals surface area (Å²) in [6, 6.07) is 0. The van der Waals surface area contributed by atoms with E-state index >= 15 is 0 Å². The van der Waals surface area contributed by atoms with Gasteiger partial charge >= 0.3 is 0 Å². The van der Waals surface area contributed by atoms with Crippen LogP contribution in [-0.4, -0.2) is 45.9 Å². The van der Waals surface area contributed by atoms with Crippen LogP contribution >= 0.6 is 11.7 Å². The van der Waals surface area contributed by atoms with Crippen molar-refractivity contribution in [3.63, 3.8) is 0 Å².